The van der Waals surface area contributed by atoms with E-state index in [1.807, 2.05) is 42.5 Å². The molecule has 0 aliphatic carbocycles. The minimum Gasteiger partial charge on any atom is -0.398 e. The summed E-state index contributed by atoms with van der Waals surface area (Å²) in [4.78, 5) is 0. The Morgan fingerprint density at radius 1 is 0.941 bits per heavy atom. The van der Waals surface area contributed by atoms with Crippen LogP contribution in [0.5, 0.6) is 0 Å². The van der Waals surface area contributed by atoms with Crippen LogP contribution in [-0.2, 0) is 16.5 Å². The Hall–Kier alpha value is -1.81. The molecule has 2 N–H and O–H groups in total. The molecule has 0 aliphatic heterocycles. The van der Waals surface area contributed by atoms with Gasteiger partial charge in [-0.1, -0.05) is 36.4 Å². The molecule has 88 valence electrons. The van der Waals surface area contributed by atoms with Crippen molar-refractivity contribution in [1.29, 1.82) is 0 Å². The van der Waals surface area contributed by atoms with E-state index in [9.17, 15) is 8.42 Å². The van der Waals surface area contributed by atoms with E-state index in [0.29, 0.717) is 11.3 Å². The second-order valence-electron chi connectivity index (χ2n) is 3.77. The van der Waals surface area contributed by atoms with Gasteiger partial charge in [0.2, 0.25) is 0 Å². The average Bonchev–Trinajstić information content (AvgIpc) is 2.32. The number of nitrogen functional groups attached to an aromatic ring is 1. The van der Waals surface area contributed by atoms with E-state index in [0.717, 1.165) is 11.1 Å². The summed E-state index contributed by atoms with van der Waals surface area (Å²) < 4.78 is 21.5. The third kappa shape index (κ3) is 2.85. The van der Waals surface area contributed by atoms with E-state index in [-0.39, 0.29) is 5.75 Å². The van der Waals surface area contributed by atoms with Gasteiger partial charge >= 0.3 is 0 Å². The molecule has 0 saturated carbocycles. The molecule has 0 aliphatic rings. The van der Waals surface area contributed by atoms with Crippen molar-refractivity contribution < 1.29 is 8.42 Å². The van der Waals surface area contributed by atoms with Crippen LogP contribution in [0.1, 0.15) is 5.56 Å². The summed E-state index contributed by atoms with van der Waals surface area (Å²) in [7, 11) is -2.45. The summed E-state index contributed by atoms with van der Waals surface area (Å²) in [5.74, 6) is -0.0121. The summed E-state index contributed by atoms with van der Waals surface area (Å²) in [5.41, 5.74) is 8.95. The third-order valence-corrected chi connectivity index (χ3v) is 3.15. The normalized spacial score (nSPS) is 10.6. The van der Waals surface area contributed by atoms with Crippen LogP contribution < -0.4 is 5.73 Å². The smallest absolute Gasteiger partial charge is 0.144 e. The zero-order chi connectivity index (χ0) is 12.3. The Kier molecular flexibility index (Phi) is 3.44. The number of hydrogen-bond acceptors (Lipinski definition) is 3. The van der Waals surface area contributed by atoms with Crippen molar-refractivity contribution in [3.05, 3.63) is 54.1 Å². The summed E-state index contributed by atoms with van der Waals surface area (Å²) >= 11 is 0. The maximum atomic E-state index is 10.8. The van der Waals surface area contributed by atoms with Crippen molar-refractivity contribution in [3.8, 4) is 11.1 Å². The van der Waals surface area contributed by atoms with Crippen molar-refractivity contribution in [3.63, 3.8) is 0 Å². The molecule has 17 heavy (non-hydrogen) atoms. The molecule has 0 fully saturated rings. The lowest BCUT2D eigenvalue weighted by Crippen LogP contribution is -1.96. The van der Waals surface area contributed by atoms with Crippen molar-refractivity contribution in [2.24, 2.45) is 0 Å². The van der Waals surface area contributed by atoms with E-state index in [1.54, 1.807) is 6.07 Å². The third-order valence-electron chi connectivity index (χ3n) is 2.55. The molecule has 0 aromatic heterocycles. The molecular weight excluding hydrogens is 234 g/mol. The second kappa shape index (κ2) is 5.01. The van der Waals surface area contributed by atoms with Gasteiger partial charge in [-0.05, 0) is 28.8 Å². The van der Waals surface area contributed by atoms with Crippen LogP contribution in [0.2, 0.25) is 0 Å². The Labute approximate surface area is 102 Å². The van der Waals surface area contributed by atoms with Gasteiger partial charge in [-0.25, -0.2) is 8.42 Å². The molecule has 2 aromatic carbocycles. The highest BCUT2D eigenvalue weighted by Gasteiger charge is 2.03. The fraction of sp³-hybridized carbons (Fsp3) is 0.0769. The second-order valence-corrected chi connectivity index (χ2v) is 4.75. The van der Waals surface area contributed by atoms with Gasteiger partial charge in [0.15, 0.2) is 0 Å². The number of thiol groups is 1. The monoisotopic (exact) mass is 247 g/mol. The van der Waals surface area contributed by atoms with Crippen LogP contribution in [0.4, 0.5) is 5.69 Å². The average molecular weight is 247 g/mol. The maximum Gasteiger partial charge on any atom is 0.144 e. The maximum absolute atomic E-state index is 10.8. The fourth-order valence-corrected chi connectivity index (χ4v) is 2.24. The highest BCUT2D eigenvalue weighted by atomic mass is 32.2. The largest absolute Gasteiger partial charge is 0.398 e. The van der Waals surface area contributed by atoms with E-state index >= 15 is 0 Å². The van der Waals surface area contributed by atoms with E-state index in [2.05, 4.69) is 0 Å². The standard InChI is InChI=1S/C13H13NO2S/c14-13-7-6-11(8-12(13)9-17(15)16)10-4-2-1-3-5-10/h1-8,17H,9,14H2. The van der Waals surface area contributed by atoms with Crippen LogP contribution in [-0.4, -0.2) is 8.42 Å². The van der Waals surface area contributed by atoms with E-state index in [1.165, 1.54) is 0 Å². The number of nitrogens with two attached hydrogens (primary N) is 1. The molecule has 2 aromatic rings. The first-order valence-electron chi connectivity index (χ1n) is 5.22. The molecule has 0 unspecified atom stereocenters. The summed E-state index contributed by atoms with van der Waals surface area (Å²) in [6.45, 7) is 0. The highest BCUT2D eigenvalue weighted by Crippen LogP contribution is 2.23. The SMILES string of the molecule is Nc1ccc(-c2ccccc2)cc1C[SH](=O)=O. The number of anilines is 1. The molecule has 0 saturated heterocycles. The lowest BCUT2D eigenvalue weighted by molar-refractivity contribution is 0.614. The van der Waals surface area contributed by atoms with Crippen molar-refractivity contribution in [2.75, 3.05) is 5.73 Å². The molecule has 0 heterocycles. The summed E-state index contributed by atoms with van der Waals surface area (Å²) in [5, 5.41) is 0. The number of benzene rings is 2. The quantitative estimate of drug-likeness (QED) is 0.644. The summed E-state index contributed by atoms with van der Waals surface area (Å²) in [6, 6.07) is 15.3. The summed E-state index contributed by atoms with van der Waals surface area (Å²) in [6.07, 6.45) is 0. The van der Waals surface area contributed by atoms with Crippen LogP contribution >= 0.6 is 0 Å². The highest BCUT2D eigenvalue weighted by molar-refractivity contribution is 7.71. The molecule has 0 bridgehead atoms. The lowest BCUT2D eigenvalue weighted by Gasteiger charge is -2.06. The molecule has 4 heteroatoms. The van der Waals surface area contributed by atoms with Gasteiger partial charge in [0.05, 0.1) is 5.75 Å². The first-order valence-corrected chi connectivity index (χ1v) is 6.59. The van der Waals surface area contributed by atoms with Crippen molar-refractivity contribution >= 4 is 16.4 Å². The minimum absolute atomic E-state index is 0.0121. The van der Waals surface area contributed by atoms with E-state index in [4.69, 9.17) is 5.73 Å². The fourth-order valence-electron chi connectivity index (χ4n) is 1.69. The van der Waals surface area contributed by atoms with Gasteiger partial charge in [-0.3, -0.25) is 0 Å². The van der Waals surface area contributed by atoms with Gasteiger partial charge in [0.25, 0.3) is 0 Å². The Balaban J connectivity index is 2.44. The Morgan fingerprint density at radius 2 is 1.65 bits per heavy atom. The first-order chi connectivity index (χ1) is 8.16. The van der Waals surface area contributed by atoms with Crippen LogP contribution in [0.15, 0.2) is 48.5 Å². The number of rotatable bonds is 3. The van der Waals surface area contributed by atoms with Gasteiger partial charge in [-0.2, -0.15) is 0 Å². The molecule has 0 amide bonds. The molecule has 0 atom stereocenters. The van der Waals surface area contributed by atoms with Gasteiger partial charge in [0.1, 0.15) is 10.7 Å². The molecular formula is C13H13NO2S. The topological polar surface area (TPSA) is 60.2 Å². The predicted octanol–water partition coefficient (Wildman–Crippen LogP) is 2.05. The van der Waals surface area contributed by atoms with Gasteiger partial charge in [0, 0.05) is 5.69 Å². The zero-order valence-corrected chi connectivity index (χ0v) is 10.1. The van der Waals surface area contributed by atoms with Gasteiger partial charge < -0.3 is 5.73 Å². The van der Waals surface area contributed by atoms with Crippen LogP contribution in [0.25, 0.3) is 11.1 Å². The van der Waals surface area contributed by atoms with Crippen LogP contribution in [0, 0.1) is 0 Å². The van der Waals surface area contributed by atoms with Crippen molar-refractivity contribution in [1.82, 2.24) is 0 Å². The minimum atomic E-state index is -2.45. The molecule has 3 nitrogen and oxygen atoms in total. The zero-order valence-electron chi connectivity index (χ0n) is 9.17. The first kappa shape index (κ1) is 11.7. The van der Waals surface area contributed by atoms with Crippen LogP contribution in [0.3, 0.4) is 0 Å². The predicted molar refractivity (Wildman–Crippen MR) is 70.3 cm³/mol. The van der Waals surface area contributed by atoms with E-state index < -0.39 is 10.7 Å². The molecule has 2 rings (SSSR count). The van der Waals surface area contributed by atoms with Gasteiger partial charge in [-0.15, -0.1) is 0 Å². The van der Waals surface area contributed by atoms with Crippen molar-refractivity contribution in [2.45, 2.75) is 5.75 Å². The Bertz CT molecular complexity index is 584. The molecule has 0 radical (unpaired) electrons. The Morgan fingerprint density at radius 3 is 2.29 bits per heavy atom. The molecule has 0 spiro atoms. The lowest BCUT2D eigenvalue weighted by atomic mass is 10.0. The number of hydrogen-bond donors (Lipinski definition) is 2.